The highest BCUT2D eigenvalue weighted by Crippen LogP contribution is 2.26. The van der Waals surface area contributed by atoms with Crippen molar-refractivity contribution in [3.05, 3.63) is 24.3 Å². The van der Waals surface area contributed by atoms with Crippen LogP contribution in [0.4, 0.5) is 0 Å². The highest BCUT2D eigenvalue weighted by molar-refractivity contribution is 5.66. The molecule has 0 bridgehead atoms. The van der Waals surface area contributed by atoms with Crippen LogP contribution in [-0.2, 0) is 9.53 Å². The number of aliphatic carboxylic acids is 1. The van der Waals surface area contributed by atoms with Crippen LogP contribution in [0.5, 0.6) is 0 Å². The number of hydrogen-bond donors (Lipinski definition) is 4. The Morgan fingerprint density at radius 3 is 2.65 bits per heavy atom. The van der Waals surface area contributed by atoms with Crippen LogP contribution in [-0.4, -0.2) is 56.9 Å². The van der Waals surface area contributed by atoms with Crippen molar-refractivity contribution < 1.29 is 30.0 Å². The quantitative estimate of drug-likeness (QED) is 0.293. The molecule has 0 aromatic carbocycles. The molecule has 6 nitrogen and oxygen atoms in total. The highest BCUT2D eigenvalue weighted by atomic mass is 16.5. The summed E-state index contributed by atoms with van der Waals surface area (Å²) in [5.41, 5.74) is 0. The van der Waals surface area contributed by atoms with E-state index in [2.05, 4.69) is 13.0 Å². The van der Waals surface area contributed by atoms with Crippen molar-refractivity contribution in [2.75, 3.05) is 0 Å². The molecule has 0 saturated carbocycles. The number of rotatable bonds is 13. The lowest BCUT2D eigenvalue weighted by molar-refractivity contribution is -0.137. The Kier molecular flexibility index (Phi) is 11.4. The second-order valence-corrected chi connectivity index (χ2v) is 6.95. The summed E-state index contributed by atoms with van der Waals surface area (Å²) in [4.78, 5) is 10.4. The molecule has 6 heteroatoms. The molecular weight excluding hydrogens is 336 g/mol. The van der Waals surface area contributed by atoms with Crippen molar-refractivity contribution in [2.24, 2.45) is 0 Å². The first-order valence-corrected chi connectivity index (χ1v) is 9.68. The number of aliphatic hydroxyl groups excluding tert-OH is 3. The molecule has 0 aliphatic carbocycles. The summed E-state index contributed by atoms with van der Waals surface area (Å²) < 4.78 is 5.75. The Morgan fingerprint density at radius 2 is 1.96 bits per heavy atom. The van der Waals surface area contributed by atoms with Gasteiger partial charge in [-0.05, 0) is 32.1 Å². The van der Waals surface area contributed by atoms with Gasteiger partial charge in [0.05, 0.1) is 30.5 Å². The maximum atomic E-state index is 10.4. The van der Waals surface area contributed by atoms with Crippen LogP contribution in [0, 0.1) is 0 Å². The van der Waals surface area contributed by atoms with Gasteiger partial charge in [0.2, 0.25) is 0 Å². The third-order valence-corrected chi connectivity index (χ3v) is 4.56. The minimum Gasteiger partial charge on any atom is -0.481 e. The number of allylic oxidation sites excluding steroid dienone is 1. The zero-order chi connectivity index (χ0) is 19.4. The third kappa shape index (κ3) is 9.48. The number of carboxylic acids is 1. The largest absolute Gasteiger partial charge is 0.481 e. The predicted molar refractivity (Wildman–Crippen MR) is 99.8 cm³/mol. The van der Waals surface area contributed by atoms with Crippen LogP contribution in [0.1, 0.15) is 64.7 Å². The van der Waals surface area contributed by atoms with Gasteiger partial charge in [0.15, 0.2) is 0 Å². The lowest BCUT2D eigenvalue weighted by Crippen LogP contribution is -2.24. The number of carbonyl (C=O) groups is 1. The van der Waals surface area contributed by atoms with Crippen LogP contribution >= 0.6 is 0 Å². The minimum atomic E-state index is -0.905. The third-order valence-electron chi connectivity index (χ3n) is 4.56. The van der Waals surface area contributed by atoms with Gasteiger partial charge < -0.3 is 25.2 Å². The SMILES string of the molecule is CCCCC/C=C\C[C@@H]1O[C@@H]([C@H](O)/C=C/[C@H](O)CCCC(=O)O)C[C@@H]1O. The monoisotopic (exact) mass is 370 g/mol. The number of aliphatic hydroxyl groups is 3. The molecule has 0 unspecified atom stereocenters. The molecule has 4 N–H and O–H groups in total. The second-order valence-electron chi connectivity index (χ2n) is 6.95. The van der Waals surface area contributed by atoms with Gasteiger partial charge in [-0.1, -0.05) is 44.1 Å². The van der Waals surface area contributed by atoms with Gasteiger partial charge >= 0.3 is 5.97 Å². The first-order valence-electron chi connectivity index (χ1n) is 9.68. The normalized spacial score (nSPS) is 25.9. The molecule has 0 aromatic heterocycles. The van der Waals surface area contributed by atoms with Crippen LogP contribution in [0.3, 0.4) is 0 Å². The van der Waals surface area contributed by atoms with E-state index in [1.807, 2.05) is 6.08 Å². The summed E-state index contributed by atoms with van der Waals surface area (Å²) in [5, 5.41) is 38.6. The molecule has 0 amide bonds. The Labute approximate surface area is 156 Å². The maximum Gasteiger partial charge on any atom is 0.303 e. The molecule has 0 spiro atoms. The fourth-order valence-electron chi connectivity index (χ4n) is 2.98. The fraction of sp³-hybridized carbons (Fsp3) is 0.750. The Morgan fingerprint density at radius 1 is 1.19 bits per heavy atom. The van der Waals surface area contributed by atoms with Crippen molar-refractivity contribution in [3.8, 4) is 0 Å². The summed E-state index contributed by atoms with van der Waals surface area (Å²) in [6.45, 7) is 2.17. The molecule has 0 radical (unpaired) electrons. The lowest BCUT2D eigenvalue weighted by atomic mass is 10.0. The number of carboxylic acid groups (broad SMARTS) is 1. The summed E-state index contributed by atoms with van der Waals surface area (Å²) in [7, 11) is 0. The fourth-order valence-corrected chi connectivity index (χ4v) is 2.98. The van der Waals surface area contributed by atoms with Gasteiger partial charge in [-0.3, -0.25) is 4.79 Å². The smallest absolute Gasteiger partial charge is 0.303 e. The van der Waals surface area contributed by atoms with Crippen LogP contribution in [0.15, 0.2) is 24.3 Å². The first-order chi connectivity index (χ1) is 12.4. The molecular formula is C20H34O6. The average molecular weight is 370 g/mol. The van der Waals surface area contributed by atoms with E-state index in [-0.39, 0.29) is 12.5 Å². The zero-order valence-electron chi connectivity index (χ0n) is 15.7. The van der Waals surface area contributed by atoms with Crippen molar-refractivity contribution in [2.45, 2.75) is 95.2 Å². The van der Waals surface area contributed by atoms with Crippen LogP contribution < -0.4 is 0 Å². The zero-order valence-corrected chi connectivity index (χ0v) is 15.7. The van der Waals surface area contributed by atoms with Crippen molar-refractivity contribution in [3.63, 3.8) is 0 Å². The molecule has 1 aliphatic rings. The molecule has 26 heavy (non-hydrogen) atoms. The van der Waals surface area contributed by atoms with E-state index in [0.29, 0.717) is 25.7 Å². The van der Waals surface area contributed by atoms with Gasteiger partial charge in [0, 0.05) is 12.8 Å². The molecule has 1 heterocycles. The Balaban J connectivity index is 2.31. The van der Waals surface area contributed by atoms with E-state index >= 15 is 0 Å². The van der Waals surface area contributed by atoms with E-state index in [1.54, 1.807) is 0 Å². The van der Waals surface area contributed by atoms with E-state index < -0.39 is 30.4 Å². The number of unbranched alkanes of at least 4 members (excludes halogenated alkanes) is 3. The van der Waals surface area contributed by atoms with Crippen molar-refractivity contribution in [1.29, 1.82) is 0 Å². The lowest BCUT2D eigenvalue weighted by Gasteiger charge is -2.16. The van der Waals surface area contributed by atoms with Crippen LogP contribution in [0.2, 0.25) is 0 Å². The summed E-state index contributed by atoms with van der Waals surface area (Å²) in [5.74, 6) is -0.889. The Bertz CT molecular complexity index is 448. The van der Waals surface area contributed by atoms with E-state index in [0.717, 1.165) is 6.42 Å². The minimum absolute atomic E-state index is 0.0129. The topological polar surface area (TPSA) is 107 Å². The second kappa shape index (κ2) is 13.0. The summed E-state index contributed by atoms with van der Waals surface area (Å²) in [6.07, 6.45) is 10.3. The summed E-state index contributed by atoms with van der Waals surface area (Å²) >= 11 is 0. The molecule has 1 aliphatic heterocycles. The molecule has 1 rings (SSSR count). The molecule has 1 fully saturated rings. The number of ether oxygens (including phenoxy) is 1. The molecule has 5 atom stereocenters. The average Bonchev–Trinajstić information content (AvgIpc) is 2.96. The van der Waals surface area contributed by atoms with Gasteiger partial charge in [0.1, 0.15) is 0 Å². The van der Waals surface area contributed by atoms with Gasteiger partial charge in [-0.15, -0.1) is 0 Å². The van der Waals surface area contributed by atoms with Gasteiger partial charge in [0.25, 0.3) is 0 Å². The van der Waals surface area contributed by atoms with E-state index in [9.17, 15) is 20.1 Å². The molecule has 150 valence electrons. The van der Waals surface area contributed by atoms with E-state index in [1.165, 1.54) is 31.4 Å². The van der Waals surface area contributed by atoms with Gasteiger partial charge in [-0.2, -0.15) is 0 Å². The van der Waals surface area contributed by atoms with Gasteiger partial charge in [-0.25, -0.2) is 0 Å². The number of hydrogen-bond acceptors (Lipinski definition) is 5. The van der Waals surface area contributed by atoms with Crippen LogP contribution in [0.25, 0.3) is 0 Å². The highest BCUT2D eigenvalue weighted by Gasteiger charge is 2.36. The molecule has 1 saturated heterocycles. The standard InChI is InChI=1S/C20H34O6/c1-2-3-4-5-6-7-10-18-17(23)14-19(26-18)16(22)13-12-15(21)9-8-11-20(24)25/h6-7,12-13,15-19,21-23H,2-5,8-11,14H2,1H3,(H,24,25)/b7-6-,13-12+/t15-,16-,17+,18+,19-/m1/s1. The molecule has 0 aromatic rings. The first kappa shape index (κ1) is 22.8. The van der Waals surface area contributed by atoms with Crippen molar-refractivity contribution in [1.82, 2.24) is 0 Å². The van der Waals surface area contributed by atoms with E-state index in [4.69, 9.17) is 9.84 Å². The Hall–Kier alpha value is -1.21. The van der Waals surface area contributed by atoms with Crippen molar-refractivity contribution >= 4 is 5.97 Å². The summed E-state index contributed by atoms with van der Waals surface area (Å²) in [6, 6.07) is 0. The maximum absolute atomic E-state index is 10.4. The predicted octanol–water partition coefficient (Wildman–Crippen LogP) is 2.56.